The van der Waals surface area contributed by atoms with Crippen LogP contribution in [0.5, 0.6) is 0 Å². The van der Waals surface area contributed by atoms with Crippen molar-refractivity contribution in [2.45, 2.75) is 65.5 Å². The largest absolute Gasteiger partial charge is 0.416 e. The highest BCUT2D eigenvalue weighted by Gasteiger charge is 2.38. The number of aryl methyl sites for hydroxylation is 3. The Morgan fingerprint density at radius 2 is 0.865 bits per heavy atom. The van der Waals surface area contributed by atoms with E-state index in [-0.39, 0.29) is 10.8 Å². The van der Waals surface area contributed by atoms with E-state index in [9.17, 15) is 13.2 Å². The molecule has 0 atom stereocenters. The zero-order valence-corrected chi connectivity index (χ0v) is 31.0. The van der Waals surface area contributed by atoms with Crippen molar-refractivity contribution in [2.24, 2.45) is 0 Å². The van der Waals surface area contributed by atoms with E-state index in [0.717, 1.165) is 34.9 Å². The van der Waals surface area contributed by atoms with Gasteiger partial charge in [0.15, 0.2) is 0 Å². The van der Waals surface area contributed by atoms with Gasteiger partial charge >= 0.3 is 6.18 Å². The van der Waals surface area contributed by atoms with Crippen molar-refractivity contribution in [1.29, 1.82) is 0 Å². The van der Waals surface area contributed by atoms with Gasteiger partial charge in [-0.3, -0.25) is 0 Å². The first kappa shape index (κ1) is 33.8. The Bertz CT molecular complexity index is 2400. The van der Waals surface area contributed by atoms with Crippen LogP contribution in [-0.2, 0) is 17.0 Å². The Labute approximate surface area is 305 Å². The molecule has 0 amide bonds. The van der Waals surface area contributed by atoms with E-state index >= 15 is 0 Å². The van der Waals surface area contributed by atoms with E-state index in [1.165, 1.54) is 73.3 Å². The molecule has 0 aromatic heterocycles. The average Bonchev–Trinajstić information content (AvgIpc) is 3.47. The lowest BCUT2D eigenvalue weighted by atomic mass is 9.81. The SMILES string of the molecule is Cc1ccc(N(c2ccc3c(c2)C(C)(C)c2cc(C)ccc2-3)c2ccc3c(c2)C(C)(C)c2cc(N(C)c4ccc(C(F)(F)F)cc4)ccc2-3)c(C)c1. The number of halogens is 3. The molecule has 0 aliphatic heterocycles. The highest BCUT2D eigenvalue weighted by molar-refractivity contribution is 5.89. The molecule has 0 bridgehead atoms. The lowest BCUT2D eigenvalue weighted by molar-refractivity contribution is -0.137. The zero-order valence-electron chi connectivity index (χ0n) is 31.0. The van der Waals surface area contributed by atoms with Crippen molar-refractivity contribution in [3.05, 3.63) is 160 Å². The molecule has 6 aromatic rings. The minimum absolute atomic E-state index is 0.131. The molecule has 2 nitrogen and oxygen atoms in total. The molecule has 262 valence electrons. The van der Waals surface area contributed by atoms with E-state index in [1.54, 1.807) is 0 Å². The second kappa shape index (κ2) is 11.6. The Balaban J connectivity index is 1.21. The molecular weight excluding hydrogens is 650 g/mol. The van der Waals surface area contributed by atoms with Gasteiger partial charge in [0.25, 0.3) is 0 Å². The van der Waals surface area contributed by atoms with Crippen molar-refractivity contribution in [3.8, 4) is 22.3 Å². The summed E-state index contributed by atoms with van der Waals surface area (Å²) in [6.45, 7) is 15.7. The molecule has 0 saturated carbocycles. The van der Waals surface area contributed by atoms with Gasteiger partial charge in [0.1, 0.15) is 0 Å². The van der Waals surface area contributed by atoms with Crippen LogP contribution < -0.4 is 9.80 Å². The predicted octanol–water partition coefficient (Wildman–Crippen LogP) is 13.5. The fraction of sp³-hybridized carbons (Fsp3) is 0.234. The van der Waals surface area contributed by atoms with E-state index in [0.29, 0.717) is 5.69 Å². The second-order valence-corrected chi connectivity index (χ2v) is 15.7. The Hall–Kier alpha value is -5.29. The number of hydrogen-bond donors (Lipinski definition) is 0. The first-order valence-electron chi connectivity index (χ1n) is 17.9. The minimum atomic E-state index is -4.37. The van der Waals surface area contributed by atoms with Crippen molar-refractivity contribution >= 4 is 28.4 Å². The van der Waals surface area contributed by atoms with Crippen molar-refractivity contribution in [2.75, 3.05) is 16.8 Å². The van der Waals surface area contributed by atoms with Gasteiger partial charge in [-0.25, -0.2) is 0 Å². The molecule has 5 heteroatoms. The quantitative estimate of drug-likeness (QED) is 0.177. The normalized spacial score (nSPS) is 14.8. The van der Waals surface area contributed by atoms with Crippen LogP contribution in [0.2, 0.25) is 0 Å². The highest BCUT2D eigenvalue weighted by Crippen LogP contribution is 2.54. The summed E-state index contributed by atoms with van der Waals surface area (Å²) in [5, 5.41) is 0. The molecule has 6 aromatic carbocycles. The van der Waals surface area contributed by atoms with Crippen molar-refractivity contribution in [3.63, 3.8) is 0 Å². The second-order valence-electron chi connectivity index (χ2n) is 15.7. The van der Waals surface area contributed by atoms with Gasteiger partial charge in [0, 0.05) is 46.3 Å². The molecule has 0 saturated heterocycles. The third-order valence-electron chi connectivity index (χ3n) is 11.5. The lowest BCUT2D eigenvalue weighted by Crippen LogP contribution is -2.18. The smallest absolute Gasteiger partial charge is 0.345 e. The summed E-state index contributed by atoms with van der Waals surface area (Å²) in [4.78, 5) is 4.35. The molecule has 0 radical (unpaired) electrons. The fourth-order valence-electron chi connectivity index (χ4n) is 8.55. The van der Waals surface area contributed by atoms with Crippen LogP contribution >= 0.6 is 0 Å². The summed E-state index contributed by atoms with van der Waals surface area (Å²) in [6, 6.07) is 39.0. The van der Waals surface area contributed by atoms with Crippen LogP contribution in [0.15, 0.2) is 115 Å². The van der Waals surface area contributed by atoms with Crippen molar-refractivity contribution < 1.29 is 13.2 Å². The van der Waals surface area contributed by atoms with Crippen LogP contribution in [0.3, 0.4) is 0 Å². The van der Waals surface area contributed by atoms with E-state index in [4.69, 9.17) is 0 Å². The molecule has 0 spiro atoms. The lowest BCUT2D eigenvalue weighted by Gasteiger charge is -2.31. The van der Waals surface area contributed by atoms with Gasteiger partial charge in [-0.05, 0) is 138 Å². The Morgan fingerprint density at radius 3 is 1.37 bits per heavy atom. The van der Waals surface area contributed by atoms with Gasteiger partial charge in [-0.1, -0.05) is 87.4 Å². The predicted molar refractivity (Wildman–Crippen MR) is 210 cm³/mol. The van der Waals surface area contributed by atoms with Crippen LogP contribution in [0.4, 0.5) is 41.6 Å². The molecular formula is C47H43F3N2. The molecule has 8 rings (SSSR count). The van der Waals surface area contributed by atoms with Gasteiger partial charge < -0.3 is 9.80 Å². The van der Waals surface area contributed by atoms with Gasteiger partial charge in [0.2, 0.25) is 0 Å². The Kier molecular flexibility index (Phi) is 7.55. The minimum Gasteiger partial charge on any atom is -0.345 e. The number of rotatable bonds is 5. The summed E-state index contributed by atoms with van der Waals surface area (Å²) in [5.41, 5.74) is 17.7. The van der Waals surface area contributed by atoms with E-state index in [2.05, 4.69) is 144 Å². The van der Waals surface area contributed by atoms with E-state index in [1.807, 2.05) is 11.9 Å². The summed E-state index contributed by atoms with van der Waals surface area (Å²) < 4.78 is 39.7. The molecule has 0 heterocycles. The van der Waals surface area contributed by atoms with Crippen LogP contribution in [0, 0.1) is 20.8 Å². The molecule has 0 fully saturated rings. The molecule has 52 heavy (non-hydrogen) atoms. The highest BCUT2D eigenvalue weighted by atomic mass is 19.4. The number of fused-ring (bicyclic) bond motifs is 6. The van der Waals surface area contributed by atoms with Gasteiger partial charge in [-0.15, -0.1) is 0 Å². The van der Waals surface area contributed by atoms with E-state index < -0.39 is 11.7 Å². The third kappa shape index (κ3) is 5.24. The summed E-state index contributed by atoms with van der Waals surface area (Å²) >= 11 is 0. The number of anilines is 5. The summed E-state index contributed by atoms with van der Waals surface area (Å²) in [5.74, 6) is 0. The first-order chi connectivity index (χ1) is 24.6. The maximum absolute atomic E-state index is 13.2. The Morgan fingerprint density at radius 1 is 0.462 bits per heavy atom. The van der Waals surface area contributed by atoms with Gasteiger partial charge in [-0.2, -0.15) is 13.2 Å². The monoisotopic (exact) mass is 692 g/mol. The molecule has 0 N–H and O–H groups in total. The number of alkyl halides is 3. The van der Waals surface area contributed by atoms with Crippen LogP contribution in [-0.4, -0.2) is 7.05 Å². The summed E-state index contributed by atoms with van der Waals surface area (Å²) in [7, 11) is 1.90. The first-order valence-corrected chi connectivity index (χ1v) is 17.9. The summed E-state index contributed by atoms with van der Waals surface area (Å²) in [6.07, 6.45) is -4.37. The maximum Gasteiger partial charge on any atom is 0.416 e. The number of benzene rings is 6. The average molecular weight is 693 g/mol. The molecule has 0 unspecified atom stereocenters. The molecule has 2 aliphatic carbocycles. The fourth-order valence-corrected chi connectivity index (χ4v) is 8.55. The number of hydrogen-bond acceptors (Lipinski definition) is 2. The molecule has 2 aliphatic rings. The van der Waals surface area contributed by atoms with Crippen molar-refractivity contribution in [1.82, 2.24) is 0 Å². The van der Waals surface area contributed by atoms with Crippen LogP contribution in [0.25, 0.3) is 22.3 Å². The standard InChI is InChI=1S/C47H43F3N2/c1-28-10-22-44(30(3)23-28)52(34-16-20-38-36-18-9-29(2)24-40(36)45(4,5)42(38)26-34)35-17-21-39-37-19-15-33(25-41(37)46(6,7)43(39)27-35)51(8)32-13-11-31(12-14-32)47(48,49)50/h9-27H,1-8H3. The van der Waals surface area contributed by atoms with Gasteiger partial charge in [0.05, 0.1) is 5.56 Å². The maximum atomic E-state index is 13.2. The third-order valence-corrected chi connectivity index (χ3v) is 11.5. The zero-order chi connectivity index (χ0) is 36.9. The topological polar surface area (TPSA) is 6.48 Å². The number of nitrogens with zero attached hydrogens (tertiary/aromatic N) is 2. The van der Waals surface area contributed by atoms with Crippen LogP contribution in [0.1, 0.15) is 72.2 Å².